The predicted octanol–water partition coefficient (Wildman–Crippen LogP) is 1.92. The Hall–Kier alpha value is -2.52. The number of alkyl halides is 3. The normalized spacial score (nSPS) is 15.6. The molecular formula is C16H21F3N4O3. The highest BCUT2D eigenvalue weighted by molar-refractivity contribution is 5.78. The molecule has 0 bridgehead atoms. The zero-order valence-electron chi connectivity index (χ0n) is 14.1. The summed E-state index contributed by atoms with van der Waals surface area (Å²) in [6, 6.07) is 2.43. The van der Waals surface area contributed by atoms with E-state index < -0.39 is 30.3 Å². The summed E-state index contributed by atoms with van der Waals surface area (Å²) in [4.78, 5) is 27.6. The number of nitrogens with two attached hydrogens (primary N) is 1. The van der Waals surface area contributed by atoms with Crippen molar-refractivity contribution in [3.05, 3.63) is 23.9 Å². The van der Waals surface area contributed by atoms with Gasteiger partial charge < -0.3 is 20.7 Å². The van der Waals surface area contributed by atoms with Gasteiger partial charge in [0.15, 0.2) is 6.61 Å². The van der Waals surface area contributed by atoms with E-state index in [0.717, 1.165) is 31.5 Å². The lowest BCUT2D eigenvalue weighted by Crippen LogP contribution is -2.36. The minimum absolute atomic E-state index is 0.386. The molecule has 0 unspecified atom stereocenters. The van der Waals surface area contributed by atoms with E-state index in [4.69, 9.17) is 5.73 Å². The van der Waals surface area contributed by atoms with Gasteiger partial charge in [-0.2, -0.15) is 13.2 Å². The maximum Gasteiger partial charge on any atom is 0.417 e. The summed E-state index contributed by atoms with van der Waals surface area (Å²) in [5, 5.41) is 2.55. The summed E-state index contributed by atoms with van der Waals surface area (Å²) in [6.07, 6.45) is -1.77. The van der Waals surface area contributed by atoms with Crippen LogP contribution in [-0.4, -0.2) is 43.2 Å². The molecule has 0 aliphatic carbocycles. The lowest BCUT2D eigenvalue weighted by atomic mass is 9.93. The molecule has 26 heavy (non-hydrogen) atoms. The first kappa shape index (κ1) is 19.8. The van der Waals surface area contributed by atoms with Crippen molar-refractivity contribution < 1.29 is 27.5 Å². The fourth-order valence-corrected chi connectivity index (χ4v) is 2.76. The van der Waals surface area contributed by atoms with E-state index in [2.05, 4.69) is 15.0 Å². The number of hydrogen-bond donors (Lipinski definition) is 2. The van der Waals surface area contributed by atoms with Crippen LogP contribution < -0.4 is 16.0 Å². The van der Waals surface area contributed by atoms with Gasteiger partial charge in [-0.15, -0.1) is 0 Å². The van der Waals surface area contributed by atoms with E-state index in [1.807, 2.05) is 4.90 Å². The van der Waals surface area contributed by atoms with Crippen molar-refractivity contribution in [2.75, 3.05) is 31.1 Å². The Morgan fingerprint density at radius 2 is 2.00 bits per heavy atom. The number of halogens is 3. The summed E-state index contributed by atoms with van der Waals surface area (Å²) in [6.45, 7) is 1.34. The molecule has 1 fully saturated rings. The smallest absolute Gasteiger partial charge is 0.417 e. The number of piperidine rings is 1. The second-order valence-electron chi connectivity index (χ2n) is 6.09. The number of hydrogen-bond acceptors (Lipinski definition) is 5. The van der Waals surface area contributed by atoms with Crippen LogP contribution in [0.5, 0.6) is 0 Å². The number of carbonyl (C=O) groups is 2. The fraction of sp³-hybridized carbons (Fsp3) is 0.562. The van der Waals surface area contributed by atoms with Crippen molar-refractivity contribution in [3.63, 3.8) is 0 Å². The van der Waals surface area contributed by atoms with Crippen LogP contribution in [0.1, 0.15) is 24.8 Å². The Bertz CT molecular complexity index is 614. The van der Waals surface area contributed by atoms with Crippen molar-refractivity contribution in [1.82, 2.24) is 10.3 Å². The van der Waals surface area contributed by atoms with E-state index in [1.165, 1.54) is 6.07 Å². The molecule has 1 aliphatic rings. The first-order valence-corrected chi connectivity index (χ1v) is 8.23. The molecule has 3 N–H and O–H groups in total. The molecule has 1 saturated heterocycles. The first-order chi connectivity index (χ1) is 12.3. The number of anilines is 1. The Morgan fingerprint density at radius 3 is 2.54 bits per heavy atom. The predicted molar refractivity (Wildman–Crippen MR) is 87.3 cm³/mol. The number of nitrogens with zero attached hydrogens (tertiary/aromatic N) is 2. The van der Waals surface area contributed by atoms with Crippen LogP contribution in [0.2, 0.25) is 0 Å². The third-order valence-corrected chi connectivity index (χ3v) is 4.18. The third kappa shape index (κ3) is 6.08. The highest BCUT2D eigenvalue weighted by atomic mass is 19.4. The molecular weight excluding hydrogens is 353 g/mol. The molecule has 0 radical (unpaired) electrons. The molecule has 0 atom stereocenters. The molecule has 2 amide bonds. The number of rotatable bonds is 6. The number of primary amides is 1. The van der Waals surface area contributed by atoms with Gasteiger partial charge in [0.25, 0.3) is 5.91 Å². The van der Waals surface area contributed by atoms with Crippen LogP contribution in [0, 0.1) is 5.92 Å². The van der Waals surface area contributed by atoms with Gasteiger partial charge in [-0.3, -0.25) is 4.79 Å². The SMILES string of the molecule is NC(=O)COC(=O)NCCC1CCN(c2ccc(C(F)(F)F)cn2)CC1. The fourth-order valence-electron chi connectivity index (χ4n) is 2.76. The zero-order chi connectivity index (χ0) is 19.2. The van der Waals surface area contributed by atoms with Crippen molar-refractivity contribution >= 4 is 17.8 Å². The molecule has 10 heteroatoms. The van der Waals surface area contributed by atoms with E-state index in [1.54, 1.807) is 0 Å². The maximum absolute atomic E-state index is 12.6. The summed E-state index contributed by atoms with van der Waals surface area (Å²) in [5.41, 5.74) is 4.11. The Kier molecular flexibility index (Phi) is 6.64. The molecule has 0 saturated carbocycles. The first-order valence-electron chi connectivity index (χ1n) is 8.23. The van der Waals surface area contributed by atoms with E-state index in [0.29, 0.717) is 31.4 Å². The third-order valence-electron chi connectivity index (χ3n) is 4.18. The van der Waals surface area contributed by atoms with E-state index in [9.17, 15) is 22.8 Å². The number of alkyl carbamates (subject to hydrolysis) is 1. The van der Waals surface area contributed by atoms with Gasteiger partial charge in [-0.05, 0) is 37.3 Å². The van der Waals surface area contributed by atoms with Crippen molar-refractivity contribution in [1.29, 1.82) is 0 Å². The van der Waals surface area contributed by atoms with Crippen LogP contribution in [0.15, 0.2) is 18.3 Å². The lowest BCUT2D eigenvalue weighted by molar-refractivity contribution is -0.137. The van der Waals surface area contributed by atoms with Gasteiger partial charge in [0, 0.05) is 25.8 Å². The number of carbonyl (C=O) groups excluding carboxylic acids is 2. The van der Waals surface area contributed by atoms with Gasteiger partial charge in [-0.25, -0.2) is 9.78 Å². The van der Waals surface area contributed by atoms with Gasteiger partial charge in [0.1, 0.15) is 5.82 Å². The van der Waals surface area contributed by atoms with Crippen molar-refractivity contribution in [2.24, 2.45) is 11.7 Å². The minimum Gasteiger partial charge on any atom is -0.439 e. The molecule has 2 heterocycles. The summed E-state index contributed by atoms with van der Waals surface area (Å²) < 4.78 is 42.3. The molecule has 1 aliphatic heterocycles. The monoisotopic (exact) mass is 374 g/mol. The number of amides is 2. The highest BCUT2D eigenvalue weighted by Crippen LogP contribution is 2.30. The molecule has 144 valence electrons. The quantitative estimate of drug-likeness (QED) is 0.793. The molecule has 1 aromatic rings. The van der Waals surface area contributed by atoms with E-state index >= 15 is 0 Å². The van der Waals surface area contributed by atoms with Crippen LogP contribution in [0.3, 0.4) is 0 Å². The number of pyridine rings is 1. The Balaban J connectivity index is 1.70. The second-order valence-corrected chi connectivity index (χ2v) is 6.09. The number of ether oxygens (including phenoxy) is 1. The average molecular weight is 374 g/mol. The zero-order valence-corrected chi connectivity index (χ0v) is 14.1. The summed E-state index contributed by atoms with van der Waals surface area (Å²) in [5.74, 6) is 0.200. The van der Waals surface area contributed by atoms with Crippen LogP contribution in [-0.2, 0) is 15.7 Å². The molecule has 2 rings (SSSR count). The summed E-state index contributed by atoms with van der Waals surface area (Å²) >= 11 is 0. The van der Waals surface area contributed by atoms with Crippen molar-refractivity contribution in [2.45, 2.75) is 25.4 Å². The summed E-state index contributed by atoms with van der Waals surface area (Å²) in [7, 11) is 0. The van der Waals surface area contributed by atoms with Gasteiger partial charge >= 0.3 is 12.3 Å². The Morgan fingerprint density at radius 1 is 1.31 bits per heavy atom. The average Bonchev–Trinajstić information content (AvgIpc) is 2.60. The largest absolute Gasteiger partial charge is 0.439 e. The van der Waals surface area contributed by atoms with Crippen molar-refractivity contribution in [3.8, 4) is 0 Å². The highest BCUT2D eigenvalue weighted by Gasteiger charge is 2.31. The van der Waals surface area contributed by atoms with E-state index in [-0.39, 0.29) is 0 Å². The minimum atomic E-state index is -4.38. The maximum atomic E-state index is 12.6. The second kappa shape index (κ2) is 8.72. The van der Waals surface area contributed by atoms with Gasteiger partial charge in [0.2, 0.25) is 0 Å². The molecule has 7 nitrogen and oxygen atoms in total. The van der Waals surface area contributed by atoms with Crippen LogP contribution in [0.25, 0.3) is 0 Å². The molecule has 1 aromatic heterocycles. The number of aromatic nitrogens is 1. The Labute approximate surface area is 148 Å². The standard InChI is InChI=1S/C16H21F3N4O3/c17-16(18,19)12-1-2-14(22-9-12)23-7-4-11(5-8-23)3-6-21-15(25)26-10-13(20)24/h1-2,9,11H,3-8,10H2,(H2,20,24)(H,21,25). The van der Waals surface area contributed by atoms with Gasteiger partial charge in [-0.1, -0.05) is 0 Å². The topological polar surface area (TPSA) is 97.6 Å². The molecule has 0 spiro atoms. The lowest BCUT2D eigenvalue weighted by Gasteiger charge is -2.33. The molecule has 0 aromatic carbocycles. The van der Waals surface area contributed by atoms with Crippen LogP contribution in [0.4, 0.5) is 23.8 Å². The number of nitrogens with one attached hydrogen (secondary N) is 1. The van der Waals surface area contributed by atoms with Gasteiger partial charge in [0.05, 0.1) is 5.56 Å². The van der Waals surface area contributed by atoms with Crippen LogP contribution >= 0.6 is 0 Å².